The van der Waals surface area contributed by atoms with E-state index < -0.39 is 6.10 Å². The third-order valence-electron chi connectivity index (χ3n) is 2.13. The van der Waals surface area contributed by atoms with E-state index in [9.17, 15) is 4.79 Å². The highest BCUT2D eigenvalue weighted by Gasteiger charge is 2.25. The Hall–Kier alpha value is -1.51. The first-order valence-electron chi connectivity index (χ1n) is 5.53. The summed E-state index contributed by atoms with van der Waals surface area (Å²) in [5.41, 5.74) is 0. The molecule has 0 radical (unpaired) electrons. The molecular weight excluding hydrogens is 204 g/mol. The van der Waals surface area contributed by atoms with E-state index in [4.69, 9.17) is 9.47 Å². The lowest BCUT2D eigenvalue weighted by molar-refractivity contribution is -0.153. The lowest BCUT2D eigenvalue weighted by atomic mass is 10.1. The Morgan fingerprint density at radius 3 is 2.38 bits per heavy atom. The van der Waals surface area contributed by atoms with E-state index in [1.54, 1.807) is 6.92 Å². The molecule has 0 saturated carbocycles. The molecule has 0 heterocycles. The van der Waals surface area contributed by atoms with Crippen molar-refractivity contribution in [1.82, 2.24) is 0 Å². The van der Waals surface area contributed by atoms with Crippen molar-refractivity contribution >= 4 is 5.97 Å². The maximum absolute atomic E-state index is 11.6. The zero-order chi connectivity index (χ0) is 12.0. The minimum Gasteiger partial charge on any atom is -0.478 e. The molecule has 1 unspecified atom stereocenters. The van der Waals surface area contributed by atoms with E-state index >= 15 is 0 Å². The Balaban J connectivity index is 2.69. The molecule has 0 aliphatic rings. The summed E-state index contributed by atoms with van der Waals surface area (Å²) in [5, 5.41) is 0. The zero-order valence-electron chi connectivity index (χ0n) is 9.97. The Labute approximate surface area is 96.4 Å². The van der Waals surface area contributed by atoms with Gasteiger partial charge in [-0.15, -0.1) is 0 Å². The third-order valence-corrected chi connectivity index (χ3v) is 2.13. The Morgan fingerprint density at radius 2 is 1.88 bits per heavy atom. The average Bonchev–Trinajstić information content (AvgIpc) is 2.27. The van der Waals surface area contributed by atoms with Crippen LogP contribution in [-0.2, 0) is 9.53 Å². The number of hydrogen-bond acceptors (Lipinski definition) is 3. The lowest BCUT2D eigenvalue weighted by Crippen LogP contribution is -2.34. The molecule has 1 rings (SSSR count). The number of benzene rings is 1. The highest BCUT2D eigenvalue weighted by atomic mass is 16.6. The SMILES string of the molecule is CCOC(=O)C(Oc1ccccc1)C(C)C. The van der Waals surface area contributed by atoms with Gasteiger partial charge in [0.1, 0.15) is 5.75 Å². The van der Waals surface area contributed by atoms with Gasteiger partial charge >= 0.3 is 5.97 Å². The molecule has 1 atom stereocenters. The summed E-state index contributed by atoms with van der Waals surface area (Å²) >= 11 is 0. The molecule has 3 nitrogen and oxygen atoms in total. The molecule has 1 aromatic carbocycles. The first-order chi connectivity index (χ1) is 7.65. The fraction of sp³-hybridized carbons (Fsp3) is 0.462. The van der Waals surface area contributed by atoms with Crippen molar-refractivity contribution in [3.8, 4) is 5.75 Å². The molecule has 16 heavy (non-hydrogen) atoms. The van der Waals surface area contributed by atoms with Crippen LogP contribution in [0.3, 0.4) is 0 Å². The van der Waals surface area contributed by atoms with Crippen LogP contribution in [0.1, 0.15) is 20.8 Å². The molecule has 0 bridgehead atoms. The second-order valence-electron chi connectivity index (χ2n) is 3.85. The lowest BCUT2D eigenvalue weighted by Gasteiger charge is -2.20. The highest BCUT2D eigenvalue weighted by molar-refractivity contribution is 5.75. The quantitative estimate of drug-likeness (QED) is 0.718. The van der Waals surface area contributed by atoms with Gasteiger partial charge in [-0.25, -0.2) is 4.79 Å². The van der Waals surface area contributed by atoms with Crippen LogP contribution >= 0.6 is 0 Å². The number of ether oxygens (including phenoxy) is 2. The van der Waals surface area contributed by atoms with Gasteiger partial charge in [-0.2, -0.15) is 0 Å². The third kappa shape index (κ3) is 3.57. The summed E-state index contributed by atoms with van der Waals surface area (Å²) < 4.78 is 10.6. The van der Waals surface area contributed by atoms with Gasteiger partial charge in [-0.05, 0) is 19.1 Å². The number of carbonyl (C=O) groups is 1. The Morgan fingerprint density at radius 1 is 1.25 bits per heavy atom. The van der Waals surface area contributed by atoms with Gasteiger partial charge in [-0.3, -0.25) is 0 Å². The minimum absolute atomic E-state index is 0.0826. The normalized spacial score (nSPS) is 12.2. The van der Waals surface area contributed by atoms with Crippen LogP contribution in [0.4, 0.5) is 0 Å². The van der Waals surface area contributed by atoms with E-state index in [1.807, 2.05) is 44.2 Å². The number of carbonyl (C=O) groups excluding carboxylic acids is 1. The van der Waals surface area contributed by atoms with Crippen LogP contribution < -0.4 is 4.74 Å². The fourth-order valence-electron chi connectivity index (χ4n) is 1.33. The topological polar surface area (TPSA) is 35.5 Å². The van der Waals surface area contributed by atoms with Gasteiger partial charge in [0.15, 0.2) is 6.10 Å². The fourth-order valence-corrected chi connectivity index (χ4v) is 1.33. The van der Waals surface area contributed by atoms with Gasteiger partial charge < -0.3 is 9.47 Å². The van der Waals surface area contributed by atoms with Crippen LogP contribution in [0.2, 0.25) is 0 Å². The summed E-state index contributed by atoms with van der Waals surface area (Å²) in [4.78, 5) is 11.6. The van der Waals surface area contributed by atoms with Crippen molar-refractivity contribution in [3.05, 3.63) is 30.3 Å². The van der Waals surface area contributed by atoms with Crippen LogP contribution in [-0.4, -0.2) is 18.7 Å². The molecule has 0 saturated heterocycles. The van der Waals surface area contributed by atoms with Crippen LogP contribution in [0, 0.1) is 5.92 Å². The molecular formula is C13H18O3. The van der Waals surface area contributed by atoms with E-state index in [-0.39, 0.29) is 11.9 Å². The summed E-state index contributed by atoms with van der Waals surface area (Å²) in [6.07, 6.45) is -0.539. The molecule has 88 valence electrons. The number of hydrogen-bond donors (Lipinski definition) is 0. The van der Waals surface area contributed by atoms with Gasteiger partial charge in [-0.1, -0.05) is 32.0 Å². The van der Waals surface area contributed by atoms with Gasteiger partial charge in [0.25, 0.3) is 0 Å². The molecule has 0 fully saturated rings. The van der Waals surface area contributed by atoms with E-state index in [2.05, 4.69) is 0 Å². The molecule has 1 aromatic rings. The molecule has 0 amide bonds. The van der Waals surface area contributed by atoms with Crippen LogP contribution in [0.15, 0.2) is 30.3 Å². The van der Waals surface area contributed by atoms with Crippen LogP contribution in [0.25, 0.3) is 0 Å². The summed E-state index contributed by atoms with van der Waals surface area (Å²) in [7, 11) is 0. The number of rotatable bonds is 5. The smallest absolute Gasteiger partial charge is 0.347 e. The number of para-hydroxylation sites is 1. The molecule has 0 aromatic heterocycles. The second-order valence-corrected chi connectivity index (χ2v) is 3.85. The highest BCUT2D eigenvalue weighted by Crippen LogP contribution is 2.16. The monoisotopic (exact) mass is 222 g/mol. The summed E-state index contributed by atoms with van der Waals surface area (Å²) in [5.74, 6) is 0.467. The maximum atomic E-state index is 11.6. The second kappa shape index (κ2) is 6.16. The van der Waals surface area contributed by atoms with Crippen molar-refractivity contribution in [2.75, 3.05) is 6.61 Å². The first kappa shape index (κ1) is 12.6. The zero-order valence-corrected chi connectivity index (χ0v) is 9.97. The molecule has 3 heteroatoms. The number of esters is 1. The van der Waals surface area contributed by atoms with Crippen molar-refractivity contribution in [1.29, 1.82) is 0 Å². The van der Waals surface area contributed by atoms with Gasteiger partial charge in [0.05, 0.1) is 6.61 Å². The predicted molar refractivity (Wildman–Crippen MR) is 62.3 cm³/mol. The molecule has 0 aliphatic heterocycles. The first-order valence-corrected chi connectivity index (χ1v) is 5.53. The van der Waals surface area contributed by atoms with Gasteiger partial charge in [0, 0.05) is 5.92 Å². The Bertz CT molecular complexity index is 319. The molecule has 0 aliphatic carbocycles. The molecule has 0 N–H and O–H groups in total. The van der Waals surface area contributed by atoms with E-state index in [1.165, 1.54) is 0 Å². The van der Waals surface area contributed by atoms with Crippen molar-refractivity contribution < 1.29 is 14.3 Å². The van der Waals surface area contributed by atoms with Crippen molar-refractivity contribution in [2.24, 2.45) is 5.92 Å². The predicted octanol–water partition coefficient (Wildman–Crippen LogP) is 2.65. The van der Waals surface area contributed by atoms with E-state index in [0.717, 1.165) is 0 Å². The average molecular weight is 222 g/mol. The summed E-state index contributed by atoms with van der Waals surface area (Å²) in [6.45, 7) is 6.03. The standard InChI is InChI=1S/C13H18O3/c1-4-15-13(14)12(10(2)3)16-11-8-6-5-7-9-11/h5-10,12H,4H2,1-3H3. The van der Waals surface area contributed by atoms with E-state index in [0.29, 0.717) is 12.4 Å². The van der Waals surface area contributed by atoms with Crippen molar-refractivity contribution in [3.63, 3.8) is 0 Å². The largest absolute Gasteiger partial charge is 0.478 e. The maximum Gasteiger partial charge on any atom is 0.347 e. The van der Waals surface area contributed by atoms with Gasteiger partial charge in [0.2, 0.25) is 0 Å². The molecule has 0 spiro atoms. The van der Waals surface area contributed by atoms with Crippen molar-refractivity contribution in [2.45, 2.75) is 26.9 Å². The summed E-state index contributed by atoms with van der Waals surface area (Å²) in [6, 6.07) is 9.31. The minimum atomic E-state index is -0.539. The van der Waals surface area contributed by atoms with Crippen LogP contribution in [0.5, 0.6) is 5.75 Å². The Kier molecular flexibility index (Phi) is 4.83.